The van der Waals surface area contributed by atoms with E-state index in [1.54, 1.807) is 7.11 Å². The number of aromatic amines is 1. The molecule has 0 fully saturated rings. The molecule has 0 saturated heterocycles. The van der Waals surface area contributed by atoms with Crippen LogP contribution in [0, 0.1) is 4.64 Å². The highest BCUT2D eigenvalue weighted by Crippen LogP contribution is 2.22. The molecule has 0 radical (unpaired) electrons. The maximum Gasteiger partial charge on any atom is 0.144 e. The molecule has 16 heavy (non-hydrogen) atoms. The molecule has 90 valence electrons. The predicted molar refractivity (Wildman–Crippen MR) is 71.2 cm³/mol. The van der Waals surface area contributed by atoms with E-state index in [0.29, 0.717) is 4.64 Å². The van der Waals surface area contributed by atoms with Gasteiger partial charge in [-0.3, -0.25) is 0 Å². The highest BCUT2D eigenvalue weighted by atomic mass is 79.9. The van der Waals surface area contributed by atoms with Crippen LogP contribution in [0.4, 0.5) is 0 Å². The van der Waals surface area contributed by atoms with E-state index in [1.165, 1.54) is 0 Å². The number of H-pyrrole nitrogens is 1. The lowest BCUT2D eigenvalue weighted by Gasteiger charge is -2.15. The molecule has 1 rings (SSSR count). The van der Waals surface area contributed by atoms with Crippen molar-refractivity contribution < 1.29 is 4.74 Å². The van der Waals surface area contributed by atoms with E-state index < -0.39 is 0 Å². The molecule has 0 aromatic carbocycles. The van der Waals surface area contributed by atoms with E-state index in [2.05, 4.69) is 39.7 Å². The van der Waals surface area contributed by atoms with Crippen LogP contribution in [0.2, 0.25) is 0 Å². The summed E-state index contributed by atoms with van der Waals surface area (Å²) in [6, 6.07) is 0. The summed E-state index contributed by atoms with van der Waals surface area (Å²) < 4.78 is 6.91. The Bertz CT molecular complexity index is 405. The van der Waals surface area contributed by atoms with Crippen molar-refractivity contribution in [3.8, 4) is 0 Å². The van der Waals surface area contributed by atoms with E-state index in [0.717, 1.165) is 35.3 Å². The van der Waals surface area contributed by atoms with Crippen molar-refractivity contribution in [2.75, 3.05) is 7.11 Å². The molecule has 5 heteroatoms. The zero-order valence-corrected chi connectivity index (χ0v) is 12.2. The second-order valence-electron chi connectivity index (χ2n) is 3.59. The summed E-state index contributed by atoms with van der Waals surface area (Å²) in [5, 5.41) is 0. The molecule has 1 aromatic heterocycles. The summed E-state index contributed by atoms with van der Waals surface area (Å²) >= 11 is 8.66. The molecular weight excluding hydrogens is 288 g/mol. The van der Waals surface area contributed by atoms with Gasteiger partial charge in [0.15, 0.2) is 0 Å². The number of nitrogens with zero attached hydrogens (tertiary/aromatic N) is 1. The van der Waals surface area contributed by atoms with Crippen molar-refractivity contribution in [3.63, 3.8) is 0 Å². The van der Waals surface area contributed by atoms with Crippen LogP contribution in [0.15, 0.2) is 4.47 Å². The highest BCUT2D eigenvalue weighted by molar-refractivity contribution is 9.10. The summed E-state index contributed by atoms with van der Waals surface area (Å²) in [4.78, 5) is 7.65. The smallest absolute Gasteiger partial charge is 0.144 e. The van der Waals surface area contributed by atoms with Gasteiger partial charge >= 0.3 is 0 Å². The highest BCUT2D eigenvalue weighted by Gasteiger charge is 2.14. The third-order valence-corrected chi connectivity index (χ3v) is 3.86. The van der Waals surface area contributed by atoms with Crippen LogP contribution in [0.1, 0.15) is 44.3 Å². The number of hydrogen-bond acceptors (Lipinski definition) is 3. The number of ether oxygens (including phenoxy) is 1. The van der Waals surface area contributed by atoms with Crippen LogP contribution in [0.25, 0.3) is 0 Å². The molecule has 0 bridgehead atoms. The molecule has 1 atom stereocenters. The molecule has 3 nitrogen and oxygen atoms in total. The number of nitrogens with one attached hydrogen (secondary N) is 1. The summed E-state index contributed by atoms with van der Waals surface area (Å²) in [5.74, 6) is 0.828. The van der Waals surface area contributed by atoms with Crippen molar-refractivity contribution in [2.45, 2.75) is 39.2 Å². The van der Waals surface area contributed by atoms with Crippen molar-refractivity contribution in [1.82, 2.24) is 9.97 Å². The maximum atomic E-state index is 5.42. The fourth-order valence-corrected chi connectivity index (χ4v) is 2.24. The number of halogens is 1. The van der Waals surface area contributed by atoms with Crippen molar-refractivity contribution in [3.05, 3.63) is 20.6 Å². The lowest BCUT2D eigenvalue weighted by atomic mass is 10.2. The van der Waals surface area contributed by atoms with Gasteiger partial charge in [0.2, 0.25) is 0 Å². The molecule has 0 aliphatic rings. The minimum atomic E-state index is 0.00472. The molecule has 0 aliphatic heterocycles. The molecule has 0 aliphatic carbocycles. The second kappa shape index (κ2) is 6.47. The summed E-state index contributed by atoms with van der Waals surface area (Å²) in [5.41, 5.74) is 1.08. The quantitative estimate of drug-likeness (QED) is 0.837. The Balaban J connectivity index is 3.14. The van der Waals surface area contributed by atoms with E-state index in [1.807, 2.05) is 0 Å². The molecule has 1 aromatic rings. The second-order valence-corrected chi connectivity index (χ2v) is 4.77. The zero-order chi connectivity index (χ0) is 12.1. The average Bonchev–Trinajstić information content (AvgIpc) is 2.29. The lowest BCUT2D eigenvalue weighted by molar-refractivity contribution is 0.0873. The van der Waals surface area contributed by atoms with Gasteiger partial charge in [0.25, 0.3) is 0 Å². The Morgan fingerprint density at radius 3 is 2.69 bits per heavy atom. The van der Waals surface area contributed by atoms with Gasteiger partial charge in [-0.1, -0.05) is 32.5 Å². The number of rotatable bonds is 5. The van der Waals surface area contributed by atoms with E-state index >= 15 is 0 Å². The van der Waals surface area contributed by atoms with Gasteiger partial charge < -0.3 is 9.72 Å². The summed E-state index contributed by atoms with van der Waals surface area (Å²) in [6.45, 7) is 4.21. The van der Waals surface area contributed by atoms with Crippen LogP contribution >= 0.6 is 28.1 Å². The largest absolute Gasteiger partial charge is 0.374 e. The number of hydrogen-bond donors (Lipinski definition) is 1. The molecule has 0 saturated carbocycles. The Morgan fingerprint density at radius 1 is 1.50 bits per heavy atom. The Kier molecular flexibility index (Phi) is 5.58. The van der Waals surface area contributed by atoms with Gasteiger partial charge in [0.1, 0.15) is 16.6 Å². The minimum absolute atomic E-state index is 0.00472. The SMILES string of the molecule is CCCC(OC)c1nc(=S)c(Br)c(CC)[nH]1. The molecule has 0 spiro atoms. The van der Waals surface area contributed by atoms with Gasteiger partial charge in [0, 0.05) is 12.8 Å². The van der Waals surface area contributed by atoms with Crippen molar-refractivity contribution >= 4 is 28.1 Å². The fraction of sp³-hybridized carbons (Fsp3) is 0.636. The van der Waals surface area contributed by atoms with Gasteiger partial charge in [-0.05, 0) is 28.8 Å². The maximum absolute atomic E-state index is 5.42. The first kappa shape index (κ1) is 13.8. The first-order valence-corrected chi connectivity index (χ1v) is 6.65. The topological polar surface area (TPSA) is 37.9 Å². The van der Waals surface area contributed by atoms with E-state index in [9.17, 15) is 0 Å². The normalized spacial score (nSPS) is 12.8. The van der Waals surface area contributed by atoms with Crippen LogP contribution in [0.5, 0.6) is 0 Å². The monoisotopic (exact) mass is 304 g/mol. The molecular formula is C11H17BrN2OS. The van der Waals surface area contributed by atoms with Crippen molar-refractivity contribution in [2.24, 2.45) is 0 Å². The summed E-state index contributed by atoms with van der Waals surface area (Å²) in [7, 11) is 1.70. The Morgan fingerprint density at radius 2 is 2.19 bits per heavy atom. The summed E-state index contributed by atoms with van der Waals surface area (Å²) in [6.07, 6.45) is 2.89. The van der Waals surface area contributed by atoms with Crippen LogP contribution in [-0.4, -0.2) is 17.1 Å². The first-order chi connectivity index (χ1) is 7.63. The van der Waals surface area contributed by atoms with Gasteiger partial charge in [0.05, 0.1) is 4.47 Å². The van der Waals surface area contributed by atoms with Crippen LogP contribution < -0.4 is 0 Å². The fourth-order valence-electron chi connectivity index (χ4n) is 1.55. The molecule has 0 amide bonds. The predicted octanol–water partition coefficient (Wildman–Crippen LogP) is 3.95. The average molecular weight is 305 g/mol. The first-order valence-electron chi connectivity index (χ1n) is 5.45. The third-order valence-electron chi connectivity index (χ3n) is 2.45. The third kappa shape index (κ3) is 3.12. The van der Waals surface area contributed by atoms with Gasteiger partial charge in [-0.2, -0.15) is 0 Å². The number of aryl methyl sites for hydroxylation is 1. The van der Waals surface area contributed by atoms with Crippen molar-refractivity contribution in [1.29, 1.82) is 0 Å². The standard InChI is InChI=1S/C11H17BrN2OS/c1-4-6-8(15-3)10-13-7(5-2)9(12)11(16)14-10/h8H,4-6H2,1-3H3,(H,13,14,16). The van der Waals surface area contributed by atoms with Gasteiger partial charge in [-0.15, -0.1) is 0 Å². The Labute approximate surface area is 110 Å². The van der Waals surface area contributed by atoms with E-state index in [4.69, 9.17) is 17.0 Å². The van der Waals surface area contributed by atoms with E-state index in [-0.39, 0.29) is 6.10 Å². The van der Waals surface area contributed by atoms with Crippen LogP contribution in [0.3, 0.4) is 0 Å². The van der Waals surface area contributed by atoms with Crippen LogP contribution in [-0.2, 0) is 11.2 Å². The minimum Gasteiger partial charge on any atom is -0.374 e. The van der Waals surface area contributed by atoms with Gasteiger partial charge in [-0.25, -0.2) is 4.98 Å². The zero-order valence-electron chi connectivity index (χ0n) is 9.84. The molecule has 1 heterocycles. The lowest BCUT2D eigenvalue weighted by Crippen LogP contribution is -2.09. The molecule has 1 unspecified atom stereocenters. The Hall–Kier alpha value is -0.260. The molecule has 1 N–H and O–H groups in total. The number of aromatic nitrogens is 2. The number of methoxy groups -OCH3 is 1.